The zero-order valence-corrected chi connectivity index (χ0v) is 18.3. The van der Waals surface area contributed by atoms with Gasteiger partial charge < -0.3 is 4.57 Å². The highest BCUT2D eigenvalue weighted by Crippen LogP contribution is 2.38. The molecule has 0 saturated heterocycles. The molecule has 0 amide bonds. The zero-order chi connectivity index (χ0) is 19.4. The molecule has 3 aromatic carbocycles. The summed E-state index contributed by atoms with van der Waals surface area (Å²) in [5.41, 5.74) is 5.50. The van der Waals surface area contributed by atoms with E-state index in [-0.39, 0.29) is 5.41 Å². The largest absolute Gasteiger partial charge is 0.309 e. The molecule has 1 aromatic heterocycles. The number of benzene rings is 3. The average Bonchev–Trinajstić information content (AvgIpc) is 2.94. The summed E-state index contributed by atoms with van der Waals surface area (Å²) in [5.74, 6) is 0. The minimum Gasteiger partial charge on any atom is -0.309 e. The van der Waals surface area contributed by atoms with Crippen LogP contribution in [0.15, 0.2) is 66.7 Å². The van der Waals surface area contributed by atoms with Crippen molar-refractivity contribution in [1.82, 2.24) is 4.57 Å². The van der Waals surface area contributed by atoms with Gasteiger partial charge in [-0.05, 0) is 29.2 Å². The first-order chi connectivity index (χ1) is 12.7. The van der Waals surface area contributed by atoms with Gasteiger partial charge >= 0.3 is 0 Å². The van der Waals surface area contributed by atoms with Crippen LogP contribution in [-0.2, 0) is 5.41 Å². The Morgan fingerprint density at radius 3 is 1.96 bits per heavy atom. The van der Waals surface area contributed by atoms with Crippen LogP contribution in [0.3, 0.4) is 0 Å². The smallest absolute Gasteiger partial charge is 0.0780 e. The molecule has 0 saturated carbocycles. The van der Waals surface area contributed by atoms with Crippen LogP contribution < -0.4 is 5.19 Å². The SMILES string of the molecule is CC(C)(C)c1c([Si](C)(C)C)ccc2c3ccccc3n(-c3ccccc3)c12. The summed E-state index contributed by atoms with van der Waals surface area (Å²) in [5, 5.41) is 4.27. The van der Waals surface area contributed by atoms with Crippen molar-refractivity contribution in [3.8, 4) is 5.69 Å². The Kier molecular flexibility index (Phi) is 4.08. The molecule has 0 fully saturated rings. The van der Waals surface area contributed by atoms with Gasteiger partial charge in [0.15, 0.2) is 0 Å². The first kappa shape index (κ1) is 18.1. The van der Waals surface area contributed by atoms with E-state index < -0.39 is 8.07 Å². The molecule has 4 rings (SSSR count). The Labute approximate surface area is 163 Å². The minimum atomic E-state index is -1.49. The lowest BCUT2D eigenvalue weighted by Gasteiger charge is -2.30. The van der Waals surface area contributed by atoms with Crippen LogP contribution in [0, 0.1) is 0 Å². The van der Waals surface area contributed by atoms with Gasteiger partial charge in [0.05, 0.1) is 19.1 Å². The second-order valence-corrected chi connectivity index (χ2v) is 14.6. The normalized spacial score (nSPS) is 12.8. The van der Waals surface area contributed by atoms with Crippen molar-refractivity contribution in [1.29, 1.82) is 0 Å². The zero-order valence-electron chi connectivity index (χ0n) is 17.3. The summed E-state index contributed by atoms with van der Waals surface area (Å²) >= 11 is 0. The van der Waals surface area contributed by atoms with Gasteiger partial charge in [0.25, 0.3) is 0 Å². The van der Waals surface area contributed by atoms with Crippen LogP contribution in [0.4, 0.5) is 0 Å². The molecule has 0 N–H and O–H groups in total. The monoisotopic (exact) mass is 371 g/mol. The Bertz CT molecular complexity index is 1120. The molecular formula is C25H29NSi. The van der Waals surface area contributed by atoms with Gasteiger partial charge in [-0.15, -0.1) is 0 Å². The van der Waals surface area contributed by atoms with Gasteiger partial charge in [-0.3, -0.25) is 0 Å². The van der Waals surface area contributed by atoms with Gasteiger partial charge in [-0.1, -0.05) is 94.1 Å². The van der Waals surface area contributed by atoms with Gasteiger partial charge in [-0.25, -0.2) is 0 Å². The number of aromatic nitrogens is 1. The number of para-hydroxylation sites is 2. The number of fused-ring (bicyclic) bond motifs is 3. The van der Waals surface area contributed by atoms with E-state index in [1.165, 1.54) is 33.1 Å². The molecule has 138 valence electrons. The van der Waals surface area contributed by atoms with Crippen molar-refractivity contribution >= 4 is 35.1 Å². The van der Waals surface area contributed by atoms with Crippen LogP contribution in [0.5, 0.6) is 0 Å². The van der Waals surface area contributed by atoms with Crippen LogP contribution in [0.2, 0.25) is 19.6 Å². The van der Waals surface area contributed by atoms with E-state index in [4.69, 9.17) is 0 Å². The molecular weight excluding hydrogens is 342 g/mol. The van der Waals surface area contributed by atoms with Crippen molar-refractivity contribution in [3.63, 3.8) is 0 Å². The maximum Gasteiger partial charge on any atom is 0.0780 e. The summed E-state index contributed by atoms with van der Waals surface area (Å²) < 4.78 is 2.48. The van der Waals surface area contributed by atoms with Crippen molar-refractivity contribution in [2.24, 2.45) is 0 Å². The van der Waals surface area contributed by atoms with Gasteiger partial charge in [-0.2, -0.15) is 0 Å². The standard InChI is InChI=1S/C25H29NSi/c1-25(2,3)23-22(27(4,5)6)17-16-20-19-14-10-11-15-21(19)26(24(20)23)18-12-8-7-9-13-18/h7-17H,1-6H3. The molecule has 0 bridgehead atoms. The molecule has 0 aliphatic carbocycles. The molecule has 27 heavy (non-hydrogen) atoms. The first-order valence-corrected chi connectivity index (χ1v) is 13.3. The van der Waals surface area contributed by atoms with Crippen LogP contribution in [0.25, 0.3) is 27.5 Å². The number of hydrogen-bond donors (Lipinski definition) is 0. The topological polar surface area (TPSA) is 4.93 Å². The van der Waals surface area contributed by atoms with Crippen molar-refractivity contribution < 1.29 is 0 Å². The maximum atomic E-state index is 2.48. The third-order valence-electron chi connectivity index (χ3n) is 5.41. The number of hydrogen-bond acceptors (Lipinski definition) is 0. The highest BCUT2D eigenvalue weighted by atomic mass is 28.3. The molecule has 2 heteroatoms. The van der Waals surface area contributed by atoms with Gasteiger partial charge in [0.1, 0.15) is 0 Å². The molecule has 1 heterocycles. The lowest BCUT2D eigenvalue weighted by atomic mass is 9.85. The number of nitrogens with zero attached hydrogens (tertiary/aromatic N) is 1. The van der Waals surface area contributed by atoms with E-state index in [2.05, 4.69) is 112 Å². The van der Waals surface area contributed by atoms with E-state index in [1.807, 2.05) is 0 Å². The summed E-state index contributed by atoms with van der Waals surface area (Å²) in [6.45, 7) is 14.5. The quantitative estimate of drug-likeness (QED) is 0.349. The van der Waals surface area contributed by atoms with Crippen LogP contribution >= 0.6 is 0 Å². The average molecular weight is 372 g/mol. The van der Waals surface area contributed by atoms with Crippen molar-refractivity contribution in [3.05, 3.63) is 72.3 Å². The van der Waals surface area contributed by atoms with E-state index in [0.29, 0.717) is 0 Å². The summed E-state index contributed by atoms with van der Waals surface area (Å²) in [4.78, 5) is 0. The van der Waals surface area contributed by atoms with Gasteiger partial charge in [0, 0.05) is 16.5 Å². The highest BCUT2D eigenvalue weighted by Gasteiger charge is 2.30. The van der Waals surface area contributed by atoms with E-state index >= 15 is 0 Å². The second-order valence-electron chi connectivity index (χ2n) is 9.57. The lowest BCUT2D eigenvalue weighted by molar-refractivity contribution is 0.597. The van der Waals surface area contributed by atoms with Crippen molar-refractivity contribution in [2.75, 3.05) is 0 Å². The van der Waals surface area contributed by atoms with Gasteiger partial charge in [0.2, 0.25) is 0 Å². The predicted molar refractivity (Wildman–Crippen MR) is 122 cm³/mol. The Balaban J connectivity index is 2.29. The fourth-order valence-electron chi connectivity index (χ4n) is 4.29. The van der Waals surface area contributed by atoms with E-state index in [0.717, 1.165) is 0 Å². The third-order valence-corrected chi connectivity index (χ3v) is 7.44. The first-order valence-electron chi connectivity index (χ1n) is 9.82. The molecule has 0 radical (unpaired) electrons. The molecule has 0 atom stereocenters. The molecule has 0 aliphatic rings. The number of rotatable bonds is 2. The Hall–Kier alpha value is -2.32. The predicted octanol–water partition coefficient (Wildman–Crippen LogP) is 6.63. The molecule has 4 aromatic rings. The molecule has 1 nitrogen and oxygen atoms in total. The molecule has 0 unspecified atom stereocenters. The Morgan fingerprint density at radius 2 is 1.33 bits per heavy atom. The molecule has 0 aliphatic heterocycles. The second kappa shape index (κ2) is 6.10. The summed E-state index contributed by atoms with van der Waals surface area (Å²) in [6.07, 6.45) is 0. The summed E-state index contributed by atoms with van der Waals surface area (Å²) in [7, 11) is -1.49. The highest BCUT2D eigenvalue weighted by molar-refractivity contribution is 6.89. The fourth-order valence-corrected chi connectivity index (χ4v) is 6.11. The Morgan fingerprint density at radius 1 is 0.704 bits per heavy atom. The van der Waals surface area contributed by atoms with Crippen LogP contribution in [-0.4, -0.2) is 12.6 Å². The summed E-state index contributed by atoms with van der Waals surface area (Å²) in [6, 6.07) is 24.4. The fraction of sp³-hybridized carbons (Fsp3) is 0.280. The third kappa shape index (κ3) is 2.92. The minimum absolute atomic E-state index is 0.0794. The van der Waals surface area contributed by atoms with E-state index in [9.17, 15) is 0 Å². The lowest BCUT2D eigenvalue weighted by Crippen LogP contribution is -2.43. The van der Waals surface area contributed by atoms with Crippen molar-refractivity contribution in [2.45, 2.75) is 45.8 Å². The molecule has 0 spiro atoms. The maximum absolute atomic E-state index is 2.48. The van der Waals surface area contributed by atoms with E-state index in [1.54, 1.807) is 5.19 Å². The van der Waals surface area contributed by atoms with Crippen LogP contribution in [0.1, 0.15) is 26.3 Å².